The number of benzene rings is 1. The fourth-order valence-corrected chi connectivity index (χ4v) is 1.82. The molecule has 0 aliphatic rings. The Hall–Kier alpha value is -1.85. The number of hydrogen-bond acceptors (Lipinski definition) is 4. The summed E-state index contributed by atoms with van der Waals surface area (Å²) in [6, 6.07) is 7.16. The second-order valence-electron chi connectivity index (χ2n) is 4.04. The van der Waals surface area contributed by atoms with Crippen LogP contribution in [0.1, 0.15) is 25.3 Å². The number of amides is 1. The van der Waals surface area contributed by atoms with Crippen molar-refractivity contribution in [2.45, 2.75) is 19.8 Å². The Labute approximate surface area is 123 Å². The zero-order valence-corrected chi connectivity index (χ0v) is 12.3. The third-order valence-corrected chi connectivity index (χ3v) is 2.79. The van der Waals surface area contributed by atoms with E-state index in [1.165, 1.54) is 0 Å². The maximum absolute atomic E-state index is 11.8. The summed E-state index contributed by atoms with van der Waals surface area (Å²) in [5, 5.41) is 3.15. The van der Waals surface area contributed by atoms with Crippen LogP contribution in [-0.4, -0.2) is 19.2 Å². The lowest BCUT2D eigenvalue weighted by Crippen LogP contribution is -2.22. The second kappa shape index (κ2) is 8.35. The van der Waals surface area contributed by atoms with E-state index in [0.29, 0.717) is 17.0 Å². The summed E-state index contributed by atoms with van der Waals surface area (Å²) >= 11 is 5.89. The van der Waals surface area contributed by atoms with E-state index in [1.54, 1.807) is 25.4 Å². The minimum Gasteiger partial charge on any atom is -0.391 e. The number of halogens is 1. The molecule has 0 bridgehead atoms. The molecule has 0 unspecified atom stereocenters. The summed E-state index contributed by atoms with van der Waals surface area (Å²) in [6.07, 6.45) is 2.86. The molecule has 1 aromatic rings. The lowest BCUT2D eigenvalue weighted by Gasteiger charge is -2.08. The van der Waals surface area contributed by atoms with E-state index in [1.807, 2.05) is 19.1 Å². The Bertz CT molecular complexity index is 527. The molecule has 0 spiro atoms. The standard InChI is InChI=1S/C14H18ClN3O2/c1-3-5-12(13(19)17-2)14(20-16)18-9-10-6-4-7-11(15)8-10/h4,6-9H,3,5,16H2,1-2H3,(H,17,19)/b14-12+,18-9+. The fourth-order valence-electron chi connectivity index (χ4n) is 1.62. The van der Waals surface area contributed by atoms with Crippen LogP contribution >= 0.6 is 11.6 Å². The highest BCUT2D eigenvalue weighted by Gasteiger charge is 2.14. The zero-order chi connectivity index (χ0) is 15.0. The Kier molecular flexibility index (Phi) is 6.76. The third kappa shape index (κ3) is 4.68. The average Bonchev–Trinajstić information content (AvgIpc) is 2.46. The molecule has 5 nitrogen and oxygen atoms in total. The van der Waals surface area contributed by atoms with Crippen molar-refractivity contribution in [2.24, 2.45) is 10.9 Å². The lowest BCUT2D eigenvalue weighted by molar-refractivity contribution is -0.117. The number of nitrogens with zero attached hydrogens (tertiary/aromatic N) is 1. The number of carbonyl (C=O) groups is 1. The van der Waals surface area contributed by atoms with Crippen molar-refractivity contribution < 1.29 is 9.63 Å². The zero-order valence-electron chi connectivity index (χ0n) is 11.5. The maximum atomic E-state index is 11.8. The van der Waals surface area contributed by atoms with Crippen LogP contribution in [0.4, 0.5) is 0 Å². The van der Waals surface area contributed by atoms with Gasteiger partial charge in [-0.15, -0.1) is 0 Å². The van der Waals surface area contributed by atoms with Gasteiger partial charge >= 0.3 is 0 Å². The Balaban J connectivity index is 3.06. The summed E-state index contributed by atoms with van der Waals surface area (Å²) in [4.78, 5) is 20.6. The summed E-state index contributed by atoms with van der Waals surface area (Å²) in [5.74, 6) is 5.06. The number of nitrogens with one attached hydrogen (secondary N) is 1. The highest BCUT2D eigenvalue weighted by Crippen LogP contribution is 2.14. The molecule has 3 N–H and O–H groups in total. The van der Waals surface area contributed by atoms with Gasteiger partial charge in [-0.1, -0.05) is 37.1 Å². The smallest absolute Gasteiger partial charge is 0.252 e. The van der Waals surface area contributed by atoms with Crippen molar-refractivity contribution >= 4 is 23.7 Å². The van der Waals surface area contributed by atoms with Crippen molar-refractivity contribution in [3.63, 3.8) is 0 Å². The van der Waals surface area contributed by atoms with Crippen LogP contribution in [0.3, 0.4) is 0 Å². The molecule has 20 heavy (non-hydrogen) atoms. The molecule has 0 saturated heterocycles. The average molecular weight is 296 g/mol. The molecule has 0 saturated carbocycles. The highest BCUT2D eigenvalue weighted by molar-refractivity contribution is 6.30. The van der Waals surface area contributed by atoms with Gasteiger partial charge < -0.3 is 10.2 Å². The summed E-state index contributed by atoms with van der Waals surface area (Å²) in [7, 11) is 1.55. The SMILES string of the molecule is CCC/C(C(=O)NC)=C(/N=C/c1cccc(Cl)c1)ON. The van der Waals surface area contributed by atoms with Crippen LogP contribution < -0.4 is 11.2 Å². The lowest BCUT2D eigenvalue weighted by atomic mass is 10.1. The van der Waals surface area contributed by atoms with Gasteiger partial charge in [0, 0.05) is 18.3 Å². The van der Waals surface area contributed by atoms with Gasteiger partial charge in [0.25, 0.3) is 5.91 Å². The van der Waals surface area contributed by atoms with Gasteiger partial charge in [0.05, 0.1) is 5.57 Å². The number of rotatable bonds is 6. The van der Waals surface area contributed by atoms with Crippen molar-refractivity contribution in [3.05, 3.63) is 46.3 Å². The Morgan fingerprint density at radius 1 is 1.55 bits per heavy atom. The first kappa shape index (κ1) is 16.2. The normalized spacial score (nSPS) is 12.2. The number of hydrogen-bond donors (Lipinski definition) is 2. The van der Waals surface area contributed by atoms with Gasteiger partial charge in [0.2, 0.25) is 5.88 Å². The summed E-state index contributed by atoms with van der Waals surface area (Å²) in [5.41, 5.74) is 1.20. The van der Waals surface area contributed by atoms with Crippen molar-refractivity contribution in [1.82, 2.24) is 5.32 Å². The van der Waals surface area contributed by atoms with Gasteiger partial charge in [-0.25, -0.2) is 4.99 Å². The summed E-state index contributed by atoms with van der Waals surface area (Å²) in [6.45, 7) is 1.96. The predicted octanol–water partition coefficient (Wildman–Crippen LogP) is 2.41. The second-order valence-corrected chi connectivity index (χ2v) is 4.48. The Morgan fingerprint density at radius 2 is 2.30 bits per heavy atom. The van der Waals surface area contributed by atoms with E-state index >= 15 is 0 Å². The van der Waals surface area contributed by atoms with Gasteiger partial charge in [-0.05, 0) is 24.1 Å². The molecule has 0 fully saturated rings. The number of aliphatic imine (C=N–C) groups is 1. The van der Waals surface area contributed by atoms with Crippen LogP contribution in [0.25, 0.3) is 0 Å². The van der Waals surface area contributed by atoms with Gasteiger partial charge in [0.1, 0.15) is 0 Å². The van der Waals surface area contributed by atoms with Gasteiger partial charge in [0.15, 0.2) is 0 Å². The first-order chi connectivity index (χ1) is 9.62. The van der Waals surface area contributed by atoms with E-state index in [4.69, 9.17) is 22.3 Å². The van der Waals surface area contributed by atoms with Gasteiger partial charge in [-0.3, -0.25) is 4.79 Å². The first-order valence-electron chi connectivity index (χ1n) is 6.24. The third-order valence-electron chi connectivity index (χ3n) is 2.55. The van der Waals surface area contributed by atoms with Crippen molar-refractivity contribution in [3.8, 4) is 0 Å². The van der Waals surface area contributed by atoms with Gasteiger partial charge in [-0.2, -0.15) is 5.90 Å². The van der Waals surface area contributed by atoms with Crippen LogP contribution in [0, 0.1) is 0 Å². The monoisotopic (exact) mass is 295 g/mol. The molecular weight excluding hydrogens is 278 g/mol. The topological polar surface area (TPSA) is 76.7 Å². The molecule has 0 aromatic heterocycles. The fraction of sp³-hybridized carbons (Fsp3) is 0.286. The highest BCUT2D eigenvalue weighted by atomic mass is 35.5. The van der Waals surface area contributed by atoms with E-state index in [2.05, 4.69) is 10.3 Å². The molecule has 0 atom stereocenters. The minimum absolute atomic E-state index is 0.103. The molecule has 6 heteroatoms. The molecule has 0 heterocycles. The predicted molar refractivity (Wildman–Crippen MR) is 80.3 cm³/mol. The molecule has 108 valence electrons. The van der Waals surface area contributed by atoms with Crippen LogP contribution in [0.2, 0.25) is 5.02 Å². The largest absolute Gasteiger partial charge is 0.391 e. The van der Waals surface area contributed by atoms with E-state index in [0.717, 1.165) is 12.0 Å². The quantitative estimate of drug-likeness (QED) is 0.366. The van der Waals surface area contributed by atoms with Crippen LogP contribution in [0.5, 0.6) is 0 Å². The number of nitrogens with two attached hydrogens (primary N) is 1. The minimum atomic E-state index is -0.254. The molecule has 0 radical (unpaired) electrons. The van der Waals surface area contributed by atoms with Crippen molar-refractivity contribution in [1.29, 1.82) is 0 Å². The van der Waals surface area contributed by atoms with E-state index in [9.17, 15) is 4.79 Å². The van der Waals surface area contributed by atoms with Crippen LogP contribution in [-0.2, 0) is 9.63 Å². The molecule has 1 rings (SSSR count). The van der Waals surface area contributed by atoms with Crippen molar-refractivity contribution in [2.75, 3.05) is 7.05 Å². The first-order valence-corrected chi connectivity index (χ1v) is 6.61. The number of carbonyl (C=O) groups excluding carboxylic acids is 1. The molecule has 1 amide bonds. The summed E-state index contributed by atoms with van der Waals surface area (Å²) < 4.78 is 0. The van der Waals surface area contributed by atoms with E-state index < -0.39 is 0 Å². The van der Waals surface area contributed by atoms with E-state index in [-0.39, 0.29) is 11.8 Å². The molecule has 1 aromatic carbocycles. The molecule has 0 aliphatic carbocycles. The Morgan fingerprint density at radius 3 is 2.85 bits per heavy atom. The van der Waals surface area contributed by atoms with Crippen LogP contribution in [0.15, 0.2) is 40.7 Å². The maximum Gasteiger partial charge on any atom is 0.252 e. The molecule has 0 aliphatic heterocycles. The molecular formula is C14H18ClN3O2. The number of likely N-dealkylation sites (N-methyl/N-ethyl adjacent to an activating group) is 1.